The quantitative estimate of drug-likeness (QED) is 0.145. The van der Waals surface area contributed by atoms with E-state index in [0.717, 1.165) is 34.2 Å². The summed E-state index contributed by atoms with van der Waals surface area (Å²) in [5.41, 5.74) is 5.54. The Morgan fingerprint density at radius 1 is 0.791 bits per heavy atom. The topological polar surface area (TPSA) is 90.9 Å². The molecule has 3 aromatic rings. The standard InChI is InChI=1S/C34H39NO6.2CH4/c1-39-19-20-40-18-10-9-13-27(36)23-35-34(38)26(21-25-11-3-2-4-12-25)22-33(37)41-24-32-30-16-7-5-14-28(30)29-15-6-8-17-31(29)32;;/h2-8,11-12,14-17,26,32H,9-10,13,18-24H2,1H3,(H,35,38);2*1H4. The molecule has 0 aromatic heterocycles. The molecule has 0 heterocycles. The maximum absolute atomic E-state index is 13.1. The summed E-state index contributed by atoms with van der Waals surface area (Å²) in [6.45, 7) is 1.81. The van der Waals surface area contributed by atoms with Gasteiger partial charge >= 0.3 is 5.97 Å². The Balaban J connectivity index is 0.00000323. The first-order chi connectivity index (χ1) is 20.1. The van der Waals surface area contributed by atoms with Crippen LogP contribution in [0.25, 0.3) is 11.1 Å². The molecule has 0 bridgehead atoms. The van der Waals surface area contributed by atoms with E-state index in [1.165, 1.54) is 0 Å². The summed E-state index contributed by atoms with van der Waals surface area (Å²) in [4.78, 5) is 38.6. The fraction of sp³-hybridized carbons (Fsp3) is 0.417. The molecule has 0 saturated heterocycles. The normalized spacial score (nSPS) is 12.2. The number of carbonyl (C=O) groups is 3. The number of fused-ring (bicyclic) bond motifs is 3. The Labute approximate surface area is 256 Å². The van der Waals surface area contributed by atoms with E-state index in [9.17, 15) is 14.4 Å². The van der Waals surface area contributed by atoms with Crippen LogP contribution in [0.4, 0.5) is 0 Å². The summed E-state index contributed by atoms with van der Waals surface area (Å²) in [6.07, 6.45) is 2.13. The van der Waals surface area contributed by atoms with Crippen molar-refractivity contribution in [3.05, 3.63) is 95.6 Å². The Hall–Kier alpha value is -3.81. The predicted molar refractivity (Wildman–Crippen MR) is 171 cm³/mol. The maximum Gasteiger partial charge on any atom is 0.306 e. The first-order valence-corrected chi connectivity index (χ1v) is 14.3. The Morgan fingerprint density at radius 2 is 1.42 bits per heavy atom. The molecular weight excluding hydrogens is 542 g/mol. The van der Waals surface area contributed by atoms with Gasteiger partial charge in [-0.25, -0.2) is 0 Å². The Bertz CT molecular complexity index is 1250. The van der Waals surface area contributed by atoms with Gasteiger partial charge in [0.2, 0.25) is 5.91 Å². The van der Waals surface area contributed by atoms with E-state index in [2.05, 4.69) is 29.6 Å². The zero-order chi connectivity index (χ0) is 28.9. The minimum atomic E-state index is -0.643. The van der Waals surface area contributed by atoms with Crippen LogP contribution in [-0.4, -0.2) is 57.7 Å². The van der Waals surface area contributed by atoms with Gasteiger partial charge in [0.1, 0.15) is 6.61 Å². The summed E-state index contributed by atoms with van der Waals surface area (Å²) in [7, 11) is 1.62. The average Bonchev–Trinajstić information content (AvgIpc) is 3.32. The van der Waals surface area contributed by atoms with Gasteiger partial charge in [0, 0.05) is 26.1 Å². The molecule has 43 heavy (non-hydrogen) atoms. The van der Waals surface area contributed by atoms with E-state index in [-0.39, 0.29) is 52.0 Å². The molecule has 1 unspecified atom stereocenters. The van der Waals surface area contributed by atoms with Gasteiger partial charge in [-0.1, -0.05) is 93.7 Å². The number of rotatable bonds is 17. The fourth-order valence-corrected chi connectivity index (χ4v) is 5.22. The number of amides is 1. The molecule has 0 fully saturated rings. The highest BCUT2D eigenvalue weighted by Gasteiger charge is 2.30. The van der Waals surface area contributed by atoms with Crippen molar-refractivity contribution in [1.29, 1.82) is 0 Å². The van der Waals surface area contributed by atoms with E-state index >= 15 is 0 Å². The maximum atomic E-state index is 13.1. The van der Waals surface area contributed by atoms with Crippen molar-refractivity contribution in [3.8, 4) is 11.1 Å². The number of hydrogen-bond acceptors (Lipinski definition) is 6. The SMILES string of the molecule is C.C.COCCOCCCCC(=O)CNC(=O)C(CC(=O)OCC1c2ccccc2-c2ccccc21)Cc1ccccc1. The smallest absolute Gasteiger partial charge is 0.306 e. The molecule has 1 aliphatic rings. The van der Waals surface area contributed by atoms with Gasteiger partial charge in [-0.2, -0.15) is 0 Å². The van der Waals surface area contributed by atoms with Crippen LogP contribution in [0, 0.1) is 5.92 Å². The molecule has 0 radical (unpaired) electrons. The van der Waals surface area contributed by atoms with Crippen LogP contribution in [0.15, 0.2) is 78.9 Å². The van der Waals surface area contributed by atoms with Crippen molar-refractivity contribution in [1.82, 2.24) is 5.32 Å². The van der Waals surface area contributed by atoms with Crippen LogP contribution >= 0.6 is 0 Å². The largest absolute Gasteiger partial charge is 0.465 e. The zero-order valence-corrected chi connectivity index (χ0v) is 23.7. The molecule has 0 spiro atoms. The fourth-order valence-electron chi connectivity index (χ4n) is 5.22. The van der Waals surface area contributed by atoms with Crippen LogP contribution in [0.5, 0.6) is 0 Å². The van der Waals surface area contributed by atoms with Crippen LogP contribution in [0.1, 0.15) is 63.1 Å². The first kappa shape index (κ1) is 35.4. The van der Waals surface area contributed by atoms with Crippen molar-refractivity contribution >= 4 is 17.7 Å². The van der Waals surface area contributed by atoms with Gasteiger partial charge in [0.25, 0.3) is 0 Å². The third-order valence-corrected chi connectivity index (χ3v) is 7.37. The number of nitrogens with one attached hydrogen (secondary N) is 1. The van der Waals surface area contributed by atoms with Crippen molar-refractivity contribution in [2.75, 3.05) is 40.1 Å². The number of benzene rings is 3. The minimum absolute atomic E-state index is 0. The number of ketones is 1. The predicted octanol–water partition coefficient (Wildman–Crippen LogP) is 6.38. The highest BCUT2D eigenvalue weighted by Crippen LogP contribution is 2.44. The molecule has 232 valence electrons. The van der Waals surface area contributed by atoms with Crippen LogP contribution in [0.2, 0.25) is 0 Å². The summed E-state index contributed by atoms with van der Waals surface area (Å²) < 4.78 is 16.1. The van der Waals surface area contributed by atoms with Gasteiger partial charge < -0.3 is 19.5 Å². The van der Waals surface area contributed by atoms with Crippen molar-refractivity contribution in [2.24, 2.45) is 5.92 Å². The number of methoxy groups -OCH3 is 1. The van der Waals surface area contributed by atoms with Crippen molar-refractivity contribution in [3.63, 3.8) is 0 Å². The van der Waals surface area contributed by atoms with E-state index in [0.29, 0.717) is 39.1 Å². The molecule has 1 N–H and O–H groups in total. The molecule has 1 atom stereocenters. The molecule has 0 aliphatic heterocycles. The minimum Gasteiger partial charge on any atom is -0.465 e. The Morgan fingerprint density at radius 3 is 2.07 bits per heavy atom. The molecule has 1 amide bonds. The van der Waals surface area contributed by atoms with Gasteiger partial charge in [-0.05, 0) is 47.1 Å². The van der Waals surface area contributed by atoms with Gasteiger partial charge in [0.15, 0.2) is 5.78 Å². The van der Waals surface area contributed by atoms with Gasteiger partial charge in [0.05, 0.1) is 32.1 Å². The number of Topliss-reactive ketones (excluding diaryl/α,β-unsaturated/α-hetero) is 1. The lowest BCUT2D eigenvalue weighted by Crippen LogP contribution is -2.37. The highest BCUT2D eigenvalue weighted by molar-refractivity contribution is 5.89. The second-order valence-electron chi connectivity index (χ2n) is 10.3. The third kappa shape index (κ3) is 10.4. The number of carbonyl (C=O) groups excluding carboxylic acids is 3. The summed E-state index contributed by atoms with van der Waals surface area (Å²) in [5.74, 6) is -1.48. The van der Waals surface area contributed by atoms with Crippen molar-refractivity contribution < 1.29 is 28.6 Å². The lowest BCUT2D eigenvalue weighted by atomic mass is 9.95. The number of unbranched alkanes of at least 4 members (excludes halogenated alkanes) is 1. The summed E-state index contributed by atoms with van der Waals surface area (Å²) in [6, 6.07) is 25.9. The Kier molecular flexibility index (Phi) is 15.4. The molecule has 0 saturated carbocycles. The molecule has 3 aromatic carbocycles. The third-order valence-electron chi connectivity index (χ3n) is 7.37. The van der Waals surface area contributed by atoms with E-state index in [4.69, 9.17) is 14.2 Å². The zero-order valence-electron chi connectivity index (χ0n) is 23.7. The lowest BCUT2D eigenvalue weighted by Gasteiger charge is -2.18. The number of ether oxygens (including phenoxy) is 3. The van der Waals surface area contributed by atoms with E-state index < -0.39 is 11.9 Å². The monoisotopic (exact) mass is 589 g/mol. The van der Waals surface area contributed by atoms with Crippen molar-refractivity contribution in [2.45, 2.75) is 52.9 Å². The molecule has 1 aliphatic carbocycles. The van der Waals surface area contributed by atoms with Gasteiger partial charge in [-0.15, -0.1) is 0 Å². The summed E-state index contributed by atoms with van der Waals surface area (Å²) >= 11 is 0. The average molecular weight is 590 g/mol. The highest BCUT2D eigenvalue weighted by atomic mass is 16.5. The van der Waals surface area contributed by atoms with Gasteiger partial charge in [-0.3, -0.25) is 14.4 Å². The van der Waals surface area contributed by atoms with E-state index in [1.807, 2.05) is 54.6 Å². The summed E-state index contributed by atoms with van der Waals surface area (Å²) in [5, 5.41) is 2.76. The lowest BCUT2D eigenvalue weighted by molar-refractivity contribution is -0.147. The molecule has 7 nitrogen and oxygen atoms in total. The van der Waals surface area contributed by atoms with Crippen LogP contribution in [-0.2, 0) is 35.0 Å². The number of esters is 1. The second kappa shape index (κ2) is 18.7. The van der Waals surface area contributed by atoms with E-state index in [1.54, 1.807) is 7.11 Å². The van der Waals surface area contributed by atoms with Crippen LogP contribution in [0.3, 0.4) is 0 Å². The second-order valence-corrected chi connectivity index (χ2v) is 10.3. The first-order valence-electron chi connectivity index (χ1n) is 14.3. The molecule has 4 rings (SSSR count). The molecular formula is C36H47NO6. The molecule has 7 heteroatoms. The van der Waals surface area contributed by atoms with Crippen LogP contribution < -0.4 is 5.32 Å². The number of hydrogen-bond donors (Lipinski definition) is 1.